The highest BCUT2D eigenvalue weighted by molar-refractivity contribution is 6.30. The molecule has 2 rings (SSSR count). The lowest BCUT2D eigenvalue weighted by Crippen LogP contribution is -2.11. The maximum atomic E-state index is 13.6. The van der Waals surface area contributed by atoms with Gasteiger partial charge in [-0.1, -0.05) is 17.7 Å². The van der Waals surface area contributed by atoms with Gasteiger partial charge in [0.25, 0.3) is 0 Å². The highest BCUT2D eigenvalue weighted by atomic mass is 35.5. The number of nitrogens with zero attached hydrogens (tertiary/aromatic N) is 1. The fraction of sp³-hybridized carbons (Fsp3) is 0.214. The summed E-state index contributed by atoms with van der Waals surface area (Å²) in [5.74, 6) is -1.14. The molecule has 1 aromatic carbocycles. The maximum Gasteiger partial charge on any atom is 0.132 e. The molecule has 19 heavy (non-hydrogen) atoms. The molecule has 1 heterocycles. The van der Waals surface area contributed by atoms with Crippen molar-refractivity contribution in [3.8, 4) is 0 Å². The zero-order valence-electron chi connectivity index (χ0n) is 10.5. The number of halogens is 3. The summed E-state index contributed by atoms with van der Waals surface area (Å²) in [4.78, 5) is 3.99. The maximum absolute atomic E-state index is 13.6. The van der Waals surface area contributed by atoms with Gasteiger partial charge in [0.15, 0.2) is 0 Å². The van der Waals surface area contributed by atoms with Gasteiger partial charge in [0.2, 0.25) is 0 Å². The SMILES string of the molecule is Cc1cc(NC(C)c2c(F)cccc2F)cnc1Cl. The Morgan fingerprint density at radius 3 is 2.47 bits per heavy atom. The molecule has 5 heteroatoms. The molecule has 0 bridgehead atoms. The van der Waals surface area contributed by atoms with E-state index in [0.717, 1.165) is 5.56 Å². The van der Waals surface area contributed by atoms with Crippen molar-refractivity contribution in [1.29, 1.82) is 0 Å². The van der Waals surface area contributed by atoms with E-state index in [4.69, 9.17) is 11.6 Å². The average molecular weight is 283 g/mol. The van der Waals surface area contributed by atoms with Crippen molar-refractivity contribution < 1.29 is 8.78 Å². The fourth-order valence-corrected chi connectivity index (χ4v) is 1.99. The van der Waals surface area contributed by atoms with Crippen molar-refractivity contribution in [3.05, 3.63) is 58.4 Å². The first-order valence-electron chi connectivity index (χ1n) is 5.81. The molecule has 0 amide bonds. The molecule has 0 aliphatic rings. The Hall–Kier alpha value is -1.68. The van der Waals surface area contributed by atoms with Crippen molar-refractivity contribution >= 4 is 17.3 Å². The number of hydrogen-bond donors (Lipinski definition) is 1. The normalized spacial score (nSPS) is 12.3. The van der Waals surface area contributed by atoms with Crippen LogP contribution < -0.4 is 5.32 Å². The van der Waals surface area contributed by atoms with Crippen LogP contribution in [-0.2, 0) is 0 Å². The van der Waals surface area contributed by atoms with E-state index in [2.05, 4.69) is 10.3 Å². The van der Waals surface area contributed by atoms with Crippen LogP contribution in [0.1, 0.15) is 24.1 Å². The third-order valence-corrected chi connectivity index (χ3v) is 3.23. The predicted molar refractivity (Wildman–Crippen MR) is 72.4 cm³/mol. The molecule has 2 nitrogen and oxygen atoms in total. The van der Waals surface area contributed by atoms with Crippen LogP contribution in [-0.4, -0.2) is 4.98 Å². The molecular formula is C14H13ClF2N2. The lowest BCUT2D eigenvalue weighted by molar-refractivity contribution is 0.544. The topological polar surface area (TPSA) is 24.9 Å². The Bertz CT molecular complexity index is 582. The largest absolute Gasteiger partial charge is 0.377 e. The van der Waals surface area contributed by atoms with Gasteiger partial charge >= 0.3 is 0 Å². The van der Waals surface area contributed by atoms with Gasteiger partial charge in [-0.2, -0.15) is 0 Å². The fourth-order valence-electron chi connectivity index (χ4n) is 1.88. The molecule has 1 aromatic heterocycles. The lowest BCUT2D eigenvalue weighted by atomic mass is 10.1. The standard InChI is InChI=1S/C14H13ClF2N2/c1-8-6-10(7-18-14(8)15)19-9(2)13-11(16)4-3-5-12(13)17/h3-7,9,19H,1-2H3. The Labute approximate surface area is 115 Å². The molecule has 1 atom stereocenters. The second kappa shape index (κ2) is 5.53. The van der Waals surface area contributed by atoms with Crippen LogP contribution in [0.4, 0.5) is 14.5 Å². The van der Waals surface area contributed by atoms with E-state index in [1.54, 1.807) is 13.0 Å². The quantitative estimate of drug-likeness (QED) is 0.839. The van der Waals surface area contributed by atoms with Crippen molar-refractivity contribution in [3.63, 3.8) is 0 Å². The van der Waals surface area contributed by atoms with Crippen LogP contribution in [0.25, 0.3) is 0 Å². The summed E-state index contributed by atoms with van der Waals surface area (Å²) < 4.78 is 27.3. The average Bonchev–Trinajstić information content (AvgIpc) is 2.33. The van der Waals surface area contributed by atoms with Crippen LogP contribution in [0.5, 0.6) is 0 Å². The monoisotopic (exact) mass is 282 g/mol. The zero-order valence-corrected chi connectivity index (χ0v) is 11.3. The summed E-state index contributed by atoms with van der Waals surface area (Å²) in [6, 6.07) is 5.09. The minimum Gasteiger partial charge on any atom is -0.377 e. The Morgan fingerprint density at radius 1 is 1.26 bits per heavy atom. The van der Waals surface area contributed by atoms with Gasteiger partial charge in [0, 0.05) is 5.56 Å². The summed E-state index contributed by atoms with van der Waals surface area (Å²) >= 11 is 5.83. The van der Waals surface area contributed by atoms with Gasteiger partial charge in [-0.25, -0.2) is 13.8 Å². The molecule has 0 aliphatic carbocycles. The van der Waals surface area contributed by atoms with Gasteiger partial charge in [-0.3, -0.25) is 0 Å². The van der Waals surface area contributed by atoms with Crippen molar-refractivity contribution in [2.45, 2.75) is 19.9 Å². The van der Waals surface area contributed by atoms with E-state index >= 15 is 0 Å². The van der Waals surface area contributed by atoms with Crippen molar-refractivity contribution in [2.24, 2.45) is 0 Å². The summed E-state index contributed by atoms with van der Waals surface area (Å²) in [7, 11) is 0. The van der Waals surface area contributed by atoms with Gasteiger partial charge in [0.1, 0.15) is 16.8 Å². The molecule has 100 valence electrons. The van der Waals surface area contributed by atoms with Crippen molar-refractivity contribution in [2.75, 3.05) is 5.32 Å². The van der Waals surface area contributed by atoms with Crippen LogP contribution >= 0.6 is 11.6 Å². The molecule has 0 aliphatic heterocycles. The molecule has 0 spiro atoms. The number of anilines is 1. The van der Waals surface area contributed by atoms with Crippen LogP contribution in [0.2, 0.25) is 5.15 Å². The van der Waals surface area contributed by atoms with Gasteiger partial charge in [-0.15, -0.1) is 0 Å². The minimum atomic E-state index is -0.571. The predicted octanol–water partition coefficient (Wildman–Crippen LogP) is 4.49. The van der Waals surface area contributed by atoms with Crippen LogP contribution in [0, 0.1) is 18.6 Å². The molecule has 2 aromatic rings. The molecule has 1 N–H and O–H groups in total. The number of rotatable bonds is 3. The summed E-state index contributed by atoms with van der Waals surface area (Å²) in [5.41, 5.74) is 1.47. The van der Waals surface area contributed by atoms with E-state index in [-0.39, 0.29) is 5.56 Å². The number of aromatic nitrogens is 1. The van der Waals surface area contributed by atoms with Crippen LogP contribution in [0.3, 0.4) is 0 Å². The van der Waals surface area contributed by atoms with Gasteiger partial charge in [-0.05, 0) is 37.6 Å². The smallest absolute Gasteiger partial charge is 0.132 e. The van der Waals surface area contributed by atoms with E-state index in [0.29, 0.717) is 10.8 Å². The van der Waals surface area contributed by atoms with E-state index < -0.39 is 17.7 Å². The Morgan fingerprint density at radius 2 is 1.89 bits per heavy atom. The first-order valence-corrected chi connectivity index (χ1v) is 6.19. The third-order valence-electron chi connectivity index (χ3n) is 2.83. The molecule has 0 radical (unpaired) electrons. The second-order valence-corrected chi connectivity index (χ2v) is 4.69. The van der Waals surface area contributed by atoms with Gasteiger partial charge < -0.3 is 5.32 Å². The molecule has 1 unspecified atom stereocenters. The zero-order chi connectivity index (χ0) is 14.0. The molecule has 0 saturated carbocycles. The van der Waals surface area contributed by atoms with E-state index in [1.807, 2.05) is 6.92 Å². The number of pyridine rings is 1. The summed E-state index contributed by atoms with van der Waals surface area (Å²) in [5, 5.41) is 3.42. The highest BCUT2D eigenvalue weighted by Gasteiger charge is 2.16. The van der Waals surface area contributed by atoms with Crippen molar-refractivity contribution in [1.82, 2.24) is 4.98 Å². The van der Waals surface area contributed by atoms with Crippen LogP contribution in [0.15, 0.2) is 30.5 Å². The second-order valence-electron chi connectivity index (χ2n) is 4.33. The molecule has 0 fully saturated rings. The number of nitrogens with one attached hydrogen (secondary N) is 1. The minimum absolute atomic E-state index is 0.00935. The highest BCUT2D eigenvalue weighted by Crippen LogP contribution is 2.25. The number of benzene rings is 1. The molecule has 0 saturated heterocycles. The number of hydrogen-bond acceptors (Lipinski definition) is 2. The van der Waals surface area contributed by atoms with E-state index in [1.165, 1.54) is 24.4 Å². The van der Waals surface area contributed by atoms with E-state index in [9.17, 15) is 8.78 Å². The Balaban J connectivity index is 2.25. The molecular weight excluding hydrogens is 270 g/mol. The Kier molecular flexibility index (Phi) is 4.00. The first kappa shape index (κ1) is 13.7. The summed E-state index contributed by atoms with van der Waals surface area (Å²) in [6.07, 6.45) is 1.53. The van der Waals surface area contributed by atoms with Gasteiger partial charge in [0.05, 0.1) is 17.9 Å². The third kappa shape index (κ3) is 3.01. The number of aryl methyl sites for hydroxylation is 1. The lowest BCUT2D eigenvalue weighted by Gasteiger charge is -2.17. The summed E-state index contributed by atoms with van der Waals surface area (Å²) in [6.45, 7) is 3.50. The first-order chi connectivity index (χ1) is 8.99.